The molecule has 1 aliphatic rings. The van der Waals surface area contributed by atoms with Gasteiger partial charge in [-0.1, -0.05) is 127 Å². The van der Waals surface area contributed by atoms with Crippen molar-refractivity contribution in [2.24, 2.45) is 0 Å². The SMILES string of the molecule is C1=C(c2nc(-c3ccc4ccccc4c3)nc(-c3cccc4oc5c(-c6ccc7ccccc7c6)cccc5c34)n2)c2sc3ccccc3c2CC1. The van der Waals surface area contributed by atoms with Crippen LogP contribution in [0.3, 0.4) is 0 Å². The number of fused-ring (bicyclic) bond motifs is 8. The second kappa shape index (κ2) is 11.6. The number of para-hydroxylation sites is 1. The summed E-state index contributed by atoms with van der Waals surface area (Å²) in [6, 6.07) is 51.3. The van der Waals surface area contributed by atoms with E-state index in [9.17, 15) is 0 Å². The number of aromatic nitrogens is 3. The topological polar surface area (TPSA) is 51.8 Å². The highest BCUT2D eigenvalue weighted by Crippen LogP contribution is 2.43. The van der Waals surface area contributed by atoms with Crippen molar-refractivity contribution in [3.05, 3.63) is 168 Å². The minimum absolute atomic E-state index is 0.631. The number of thiophene rings is 1. The van der Waals surface area contributed by atoms with Crippen molar-refractivity contribution in [1.29, 1.82) is 0 Å². The molecule has 0 spiro atoms. The summed E-state index contributed by atoms with van der Waals surface area (Å²) in [4.78, 5) is 17.0. The average Bonchev–Trinajstić information content (AvgIpc) is 3.79. The Kier molecular flexibility index (Phi) is 6.51. The quantitative estimate of drug-likeness (QED) is 0.185. The molecule has 0 saturated heterocycles. The Hall–Kier alpha value is -6.43. The van der Waals surface area contributed by atoms with E-state index in [2.05, 4.69) is 140 Å². The van der Waals surface area contributed by atoms with Crippen molar-refractivity contribution in [1.82, 2.24) is 15.0 Å². The van der Waals surface area contributed by atoms with E-state index in [4.69, 9.17) is 19.4 Å². The minimum Gasteiger partial charge on any atom is -0.455 e. The zero-order valence-corrected chi connectivity index (χ0v) is 28.8. The Bertz CT molecular complexity index is 3100. The first-order chi connectivity index (χ1) is 25.7. The molecule has 7 aromatic carbocycles. The van der Waals surface area contributed by atoms with Crippen molar-refractivity contribution in [3.63, 3.8) is 0 Å². The van der Waals surface area contributed by atoms with Crippen LogP contribution in [0.1, 0.15) is 22.7 Å². The van der Waals surface area contributed by atoms with E-state index in [1.165, 1.54) is 36.7 Å². The molecule has 0 N–H and O–H groups in total. The van der Waals surface area contributed by atoms with Crippen molar-refractivity contribution >= 4 is 70.5 Å². The first-order valence-electron chi connectivity index (χ1n) is 17.7. The molecule has 52 heavy (non-hydrogen) atoms. The van der Waals surface area contributed by atoms with Gasteiger partial charge in [-0.25, -0.2) is 15.0 Å². The monoisotopic (exact) mass is 683 g/mol. The van der Waals surface area contributed by atoms with Crippen LogP contribution >= 0.6 is 11.3 Å². The first-order valence-corrected chi connectivity index (χ1v) is 18.5. The molecule has 11 rings (SSSR count). The number of benzene rings is 7. The van der Waals surface area contributed by atoms with Gasteiger partial charge in [-0.2, -0.15) is 0 Å². The molecule has 0 aliphatic heterocycles. The zero-order valence-electron chi connectivity index (χ0n) is 28.0. The van der Waals surface area contributed by atoms with Gasteiger partial charge in [0.25, 0.3) is 0 Å². The van der Waals surface area contributed by atoms with Gasteiger partial charge in [0.2, 0.25) is 0 Å². The third kappa shape index (κ3) is 4.63. The van der Waals surface area contributed by atoms with Crippen LogP contribution in [-0.4, -0.2) is 15.0 Å². The number of rotatable bonds is 4. The maximum absolute atomic E-state index is 6.72. The Morgan fingerprint density at radius 1 is 0.519 bits per heavy atom. The molecule has 3 aromatic heterocycles. The highest BCUT2D eigenvalue weighted by molar-refractivity contribution is 7.20. The minimum atomic E-state index is 0.631. The maximum atomic E-state index is 6.72. The molecular formula is C47H29N3OS. The van der Waals surface area contributed by atoms with E-state index in [0.717, 1.165) is 68.0 Å². The van der Waals surface area contributed by atoms with Gasteiger partial charge in [0, 0.05) is 42.6 Å². The van der Waals surface area contributed by atoms with E-state index < -0.39 is 0 Å². The van der Waals surface area contributed by atoms with Crippen LogP contribution in [0.2, 0.25) is 0 Å². The summed E-state index contributed by atoms with van der Waals surface area (Å²) in [6.45, 7) is 0. The molecule has 0 saturated carbocycles. The van der Waals surface area contributed by atoms with Crippen LogP contribution in [-0.2, 0) is 6.42 Å². The predicted octanol–water partition coefficient (Wildman–Crippen LogP) is 12.7. The summed E-state index contributed by atoms with van der Waals surface area (Å²) in [5, 5.41) is 8.12. The fourth-order valence-electron chi connectivity index (χ4n) is 7.90. The Labute approximate surface area is 303 Å². The van der Waals surface area contributed by atoms with Crippen molar-refractivity contribution in [2.45, 2.75) is 12.8 Å². The van der Waals surface area contributed by atoms with E-state index in [-0.39, 0.29) is 0 Å². The first kappa shape index (κ1) is 29.3. The molecule has 0 radical (unpaired) electrons. The van der Waals surface area contributed by atoms with Gasteiger partial charge in [0.05, 0.1) is 0 Å². The molecule has 1 aliphatic carbocycles. The van der Waals surface area contributed by atoms with Crippen molar-refractivity contribution < 1.29 is 4.42 Å². The van der Waals surface area contributed by atoms with E-state index in [0.29, 0.717) is 17.5 Å². The molecule has 0 fully saturated rings. The number of allylic oxidation sites excluding steroid dienone is 1. The van der Waals surface area contributed by atoms with Gasteiger partial charge in [0.15, 0.2) is 17.5 Å². The standard InChI is InChI=1S/C47H29N3OS/c1-3-12-30-26-32(24-22-28(30)10-1)34-15-7-17-37-42-38(18-9-20-40(42)51-43(34)37)46-48-45(33-25-23-29-11-2-4-13-31(29)27-33)49-47(50-46)39-19-8-16-36-35-14-5-6-21-41(35)52-44(36)39/h1-7,9-15,17-27H,8,16H2. The van der Waals surface area contributed by atoms with Gasteiger partial charge in [0.1, 0.15) is 11.2 Å². The predicted molar refractivity (Wildman–Crippen MR) is 216 cm³/mol. The van der Waals surface area contributed by atoms with Crippen molar-refractivity contribution in [2.75, 3.05) is 0 Å². The molecule has 0 unspecified atom stereocenters. The maximum Gasteiger partial charge on any atom is 0.165 e. The van der Waals surface area contributed by atoms with Crippen LogP contribution in [0.15, 0.2) is 156 Å². The third-order valence-corrected chi connectivity index (χ3v) is 11.6. The number of aryl methyl sites for hydroxylation is 1. The van der Waals surface area contributed by atoms with Gasteiger partial charge < -0.3 is 4.42 Å². The molecule has 4 nitrogen and oxygen atoms in total. The summed E-state index contributed by atoms with van der Waals surface area (Å²) in [5.41, 5.74) is 8.18. The third-order valence-electron chi connectivity index (χ3n) is 10.4. The van der Waals surface area contributed by atoms with E-state index in [1.807, 2.05) is 23.5 Å². The van der Waals surface area contributed by atoms with Crippen LogP contribution in [0.4, 0.5) is 0 Å². The fourth-order valence-corrected chi connectivity index (χ4v) is 9.19. The molecule has 5 heteroatoms. The summed E-state index contributed by atoms with van der Waals surface area (Å²) in [6.07, 6.45) is 4.26. The highest BCUT2D eigenvalue weighted by Gasteiger charge is 2.25. The summed E-state index contributed by atoms with van der Waals surface area (Å²) in [7, 11) is 0. The highest BCUT2D eigenvalue weighted by atomic mass is 32.1. The number of hydrogen-bond acceptors (Lipinski definition) is 5. The lowest BCUT2D eigenvalue weighted by Gasteiger charge is -2.15. The van der Waals surface area contributed by atoms with Gasteiger partial charge in [-0.05, 0) is 75.2 Å². The second-order valence-corrected chi connectivity index (χ2v) is 14.5. The van der Waals surface area contributed by atoms with Crippen molar-refractivity contribution in [3.8, 4) is 33.9 Å². The fraction of sp³-hybridized carbons (Fsp3) is 0.0426. The Balaban J connectivity index is 1.14. The van der Waals surface area contributed by atoms with Crippen LogP contribution in [0.25, 0.3) is 93.0 Å². The lowest BCUT2D eigenvalue weighted by Crippen LogP contribution is -2.06. The second-order valence-electron chi connectivity index (χ2n) is 13.5. The lowest BCUT2D eigenvalue weighted by atomic mass is 9.95. The summed E-state index contributed by atoms with van der Waals surface area (Å²) >= 11 is 1.83. The normalized spacial score (nSPS) is 13.0. The molecule has 0 atom stereocenters. The zero-order chi connectivity index (χ0) is 34.2. The van der Waals surface area contributed by atoms with Gasteiger partial charge in [-0.3, -0.25) is 0 Å². The van der Waals surface area contributed by atoms with Crippen LogP contribution in [0.5, 0.6) is 0 Å². The Morgan fingerprint density at radius 2 is 1.17 bits per heavy atom. The molecule has 0 amide bonds. The summed E-state index contributed by atoms with van der Waals surface area (Å²) in [5.74, 6) is 1.98. The number of hydrogen-bond donors (Lipinski definition) is 0. The molecule has 0 bridgehead atoms. The number of furan rings is 1. The van der Waals surface area contributed by atoms with Gasteiger partial charge in [-0.15, -0.1) is 11.3 Å². The molecule has 3 heterocycles. The largest absolute Gasteiger partial charge is 0.455 e. The average molecular weight is 684 g/mol. The molecular weight excluding hydrogens is 655 g/mol. The molecule has 10 aromatic rings. The summed E-state index contributed by atoms with van der Waals surface area (Å²) < 4.78 is 8.01. The smallest absolute Gasteiger partial charge is 0.165 e. The van der Waals surface area contributed by atoms with Crippen LogP contribution < -0.4 is 0 Å². The Morgan fingerprint density at radius 3 is 2.02 bits per heavy atom. The van der Waals surface area contributed by atoms with Gasteiger partial charge >= 0.3 is 0 Å². The van der Waals surface area contributed by atoms with Crippen LogP contribution in [0, 0.1) is 0 Å². The van der Waals surface area contributed by atoms with E-state index in [1.54, 1.807) is 0 Å². The van der Waals surface area contributed by atoms with E-state index >= 15 is 0 Å². The molecule has 244 valence electrons. The number of nitrogens with zero attached hydrogens (tertiary/aromatic N) is 3. The lowest BCUT2D eigenvalue weighted by molar-refractivity contribution is 0.670.